The van der Waals surface area contributed by atoms with Crippen LogP contribution in [0.4, 0.5) is 5.69 Å². The standard InChI is InChI=1S/C14H17N3O/c1-7-16-17(8-1)14-4-2-13(3-5-14)15-10-12-6-9-18-11-12/h1-5,7-8,12,15H,6,9-11H2. The first-order valence-electron chi connectivity index (χ1n) is 6.33. The summed E-state index contributed by atoms with van der Waals surface area (Å²) in [5, 5.41) is 7.65. The van der Waals surface area contributed by atoms with Crippen molar-refractivity contribution in [3.63, 3.8) is 0 Å². The predicted molar refractivity (Wildman–Crippen MR) is 71.0 cm³/mol. The number of hydrogen-bond donors (Lipinski definition) is 1. The molecule has 0 amide bonds. The maximum Gasteiger partial charge on any atom is 0.0647 e. The number of benzene rings is 1. The van der Waals surface area contributed by atoms with Crippen molar-refractivity contribution in [3.05, 3.63) is 42.7 Å². The van der Waals surface area contributed by atoms with E-state index in [1.165, 1.54) is 6.42 Å². The zero-order valence-corrected chi connectivity index (χ0v) is 10.2. The first-order chi connectivity index (χ1) is 8.92. The zero-order chi connectivity index (χ0) is 12.2. The molecule has 94 valence electrons. The molecule has 4 nitrogen and oxygen atoms in total. The molecule has 18 heavy (non-hydrogen) atoms. The van der Waals surface area contributed by atoms with Gasteiger partial charge in [0.15, 0.2) is 0 Å². The monoisotopic (exact) mass is 243 g/mol. The molecule has 1 aliphatic rings. The molecule has 4 heteroatoms. The van der Waals surface area contributed by atoms with E-state index in [9.17, 15) is 0 Å². The minimum absolute atomic E-state index is 0.649. The summed E-state index contributed by atoms with van der Waals surface area (Å²) in [6, 6.07) is 10.2. The average Bonchev–Trinajstić information content (AvgIpc) is 3.10. The molecule has 2 aromatic rings. The summed E-state index contributed by atoms with van der Waals surface area (Å²) in [6.07, 6.45) is 4.89. The predicted octanol–water partition coefficient (Wildman–Crippen LogP) is 2.32. The van der Waals surface area contributed by atoms with Gasteiger partial charge >= 0.3 is 0 Å². The van der Waals surface area contributed by atoms with E-state index in [1.807, 2.05) is 16.9 Å². The van der Waals surface area contributed by atoms with Gasteiger partial charge < -0.3 is 10.1 Å². The van der Waals surface area contributed by atoms with Gasteiger partial charge in [-0.15, -0.1) is 0 Å². The van der Waals surface area contributed by atoms with Crippen LogP contribution in [0.1, 0.15) is 6.42 Å². The largest absolute Gasteiger partial charge is 0.385 e. The van der Waals surface area contributed by atoms with Crippen LogP contribution in [0, 0.1) is 5.92 Å². The first-order valence-corrected chi connectivity index (χ1v) is 6.33. The number of anilines is 1. The second kappa shape index (κ2) is 5.23. The van der Waals surface area contributed by atoms with E-state index in [-0.39, 0.29) is 0 Å². The highest BCUT2D eigenvalue weighted by atomic mass is 16.5. The van der Waals surface area contributed by atoms with Crippen LogP contribution >= 0.6 is 0 Å². The van der Waals surface area contributed by atoms with Crippen molar-refractivity contribution in [1.29, 1.82) is 0 Å². The Kier molecular flexibility index (Phi) is 3.28. The van der Waals surface area contributed by atoms with Crippen molar-refractivity contribution < 1.29 is 4.74 Å². The fourth-order valence-corrected chi connectivity index (χ4v) is 2.16. The van der Waals surface area contributed by atoms with Crippen LogP contribution in [0.15, 0.2) is 42.7 Å². The number of aromatic nitrogens is 2. The molecule has 1 fully saturated rings. The Labute approximate surface area is 107 Å². The van der Waals surface area contributed by atoms with Gasteiger partial charge in [-0.3, -0.25) is 0 Å². The van der Waals surface area contributed by atoms with Gasteiger partial charge in [0.05, 0.1) is 12.3 Å². The molecular formula is C14H17N3O. The molecule has 1 aromatic heterocycles. The van der Waals surface area contributed by atoms with Crippen LogP contribution in [-0.2, 0) is 4.74 Å². The van der Waals surface area contributed by atoms with Gasteiger partial charge in [-0.2, -0.15) is 5.10 Å². The highest BCUT2D eigenvalue weighted by Crippen LogP contribution is 2.16. The smallest absolute Gasteiger partial charge is 0.0647 e. The van der Waals surface area contributed by atoms with E-state index in [2.05, 4.69) is 34.7 Å². The molecule has 1 aliphatic heterocycles. The molecule has 0 spiro atoms. The third-order valence-corrected chi connectivity index (χ3v) is 3.26. The normalized spacial score (nSPS) is 19.0. The van der Waals surface area contributed by atoms with Crippen molar-refractivity contribution in [1.82, 2.24) is 9.78 Å². The van der Waals surface area contributed by atoms with E-state index in [0.29, 0.717) is 5.92 Å². The van der Waals surface area contributed by atoms with Gasteiger partial charge in [-0.25, -0.2) is 4.68 Å². The fraction of sp³-hybridized carbons (Fsp3) is 0.357. The zero-order valence-electron chi connectivity index (χ0n) is 10.2. The Morgan fingerprint density at radius 3 is 2.89 bits per heavy atom. The van der Waals surface area contributed by atoms with E-state index in [4.69, 9.17) is 4.74 Å². The highest BCUT2D eigenvalue weighted by molar-refractivity contribution is 5.48. The summed E-state index contributed by atoms with van der Waals surface area (Å²) in [7, 11) is 0. The summed E-state index contributed by atoms with van der Waals surface area (Å²) in [4.78, 5) is 0. The molecule has 1 N–H and O–H groups in total. The molecule has 1 atom stereocenters. The molecular weight excluding hydrogens is 226 g/mol. The van der Waals surface area contributed by atoms with E-state index >= 15 is 0 Å². The van der Waals surface area contributed by atoms with Gasteiger partial charge in [-0.1, -0.05) is 0 Å². The second-order valence-electron chi connectivity index (χ2n) is 4.61. The fourth-order valence-electron chi connectivity index (χ4n) is 2.16. The van der Waals surface area contributed by atoms with Crippen molar-refractivity contribution in [3.8, 4) is 5.69 Å². The van der Waals surface area contributed by atoms with E-state index in [0.717, 1.165) is 31.1 Å². The van der Waals surface area contributed by atoms with Crippen LogP contribution in [0.2, 0.25) is 0 Å². The van der Waals surface area contributed by atoms with E-state index in [1.54, 1.807) is 6.20 Å². The lowest BCUT2D eigenvalue weighted by molar-refractivity contribution is 0.187. The van der Waals surface area contributed by atoms with Crippen molar-refractivity contribution in [2.24, 2.45) is 5.92 Å². The number of hydrogen-bond acceptors (Lipinski definition) is 3. The number of rotatable bonds is 4. The Morgan fingerprint density at radius 1 is 1.33 bits per heavy atom. The molecule has 3 rings (SSSR count). The Bertz CT molecular complexity index is 472. The summed E-state index contributed by atoms with van der Waals surface area (Å²) in [5.41, 5.74) is 2.23. The Hall–Kier alpha value is -1.81. The summed E-state index contributed by atoms with van der Waals surface area (Å²) in [5.74, 6) is 0.649. The molecule has 2 heterocycles. The molecule has 1 unspecified atom stereocenters. The van der Waals surface area contributed by atoms with Crippen LogP contribution in [-0.4, -0.2) is 29.5 Å². The van der Waals surface area contributed by atoms with Gasteiger partial charge in [0.25, 0.3) is 0 Å². The van der Waals surface area contributed by atoms with Crippen molar-refractivity contribution in [2.45, 2.75) is 6.42 Å². The Morgan fingerprint density at radius 2 is 2.22 bits per heavy atom. The Balaban J connectivity index is 1.60. The topological polar surface area (TPSA) is 39.1 Å². The van der Waals surface area contributed by atoms with Gasteiger partial charge in [0.2, 0.25) is 0 Å². The summed E-state index contributed by atoms with van der Waals surface area (Å²) >= 11 is 0. The van der Waals surface area contributed by atoms with Gasteiger partial charge in [-0.05, 0) is 36.8 Å². The van der Waals surface area contributed by atoms with Gasteiger partial charge in [0, 0.05) is 37.2 Å². The molecule has 1 aromatic carbocycles. The van der Waals surface area contributed by atoms with Crippen LogP contribution in [0.25, 0.3) is 5.69 Å². The molecule has 0 radical (unpaired) electrons. The minimum Gasteiger partial charge on any atom is -0.385 e. The number of nitrogens with zero attached hydrogens (tertiary/aromatic N) is 2. The molecule has 0 bridgehead atoms. The number of nitrogens with one attached hydrogen (secondary N) is 1. The summed E-state index contributed by atoms with van der Waals surface area (Å²) in [6.45, 7) is 2.78. The van der Waals surface area contributed by atoms with E-state index < -0.39 is 0 Å². The lowest BCUT2D eigenvalue weighted by atomic mass is 10.1. The minimum atomic E-state index is 0.649. The maximum atomic E-state index is 5.36. The SMILES string of the molecule is c1cnn(-c2ccc(NCC3CCOC3)cc2)c1. The molecule has 0 saturated carbocycles. The van der Waals surface area contributed by atoms with Crippen LogP contribution in [0.3, 0.4) is 0 Å². The summed E-state index contributed by atoms with van der Waals surface area (Å²) < 4.78 is 7.22. The lowest BCUT2D eigenvalue weighted by Crippen LogP contribution is -2.13. The van der Waals surface area contributed by atoms with Crippen molar-refractivity contribution in [2.75, 3.05) is 25.1 Å². The molecule has 0 aliphatic carbocycles. The second-order valence-corrected chi connectivity index (χ2v) is 4.61. The molecule has 1 saturated heterocycles. The maximum absolute atomic E-state index is 5.36. The van der Waals surface area contributed by atoms with Crippen LogP contribution in [0.5, 0.6) is 0 Å². The van der Waals surface area contributed by atoms with Crippen molar-refractivity contribution >= 4 is 5.69 Å². The first kappa shape index (κ1) is 11.3. The highest BCUT2D eigenvalue weighted by Gasteiger charge is 2.14. The van der Waals surface area contributed by atoms with Crippen LogP contribution < -0.4 is 5.32 Å². The lowest BCUT2D eigenvalue weighted by Gasteiger charge is -2.11. The third-order valence-electron chi connectivity index (χ3n) is 3.26. The third kappa shape index (κ3) is 2.54. The average molecular weight is 243 g/mol. The number of ether oxygens (including phenoxy) is 1. The quantitative estimate of drug-likeness (QED) is 0.895. The van der Waals surface area contributed by atoms with Gasteiger partial charge in [0.1, 0.15) is 0 Å².